The number of nitrogens with zero attached hydrogens (tertiary/aromatic N) is 3. The molecule has 162 valence electrons. The van der Waals surface area contributed by atoms with Gasteiger partial charge < -0.3 is 14.4 Å². The molecule has 31 heavy (non-hydrogen) atoms. The van der Waals surface area contributed by atoms with Gasteiger partial charge in [0.2, 0.25) is 5.91 Å². The van der Waals surface area contributed by atoms with Gasteiger partial charge >= 0.3 is 0 Å². The van der Waals surface area contributed by atoms with Gasteiger partial charge in [-0.3, -0.25) is 9.69 Å². The highest BCUT2D eigenvalue weighted by molar-refractivity contribution is 7.13. The second kappa shape index (κ2) is 10.4. The first-order valence-corrected chi connectivity index (χ1v) is 11.4. The molecule has 6 nitrogen and oxygen atoms in total. The molecule has 0 radical (unpaired) electrons. The van der Waals surface area contributed by atoms with Gasteiger partial charge in [-0.15, -0.1) is 11.3 Å². The van der Waals surface area contributed by atoms with Crippen LogP contribution in [-0.4, -0.2) is 67.1 Å². The smallest absolute Gasteiger partial charge is 0.228 e. The van der Waals surface area contributed by atoms with Crippen molar-refractivity contribution < 1.29 is 14.3 Å². The molecule has 4 rings (SSSR count). The molecule has 0 atom stereocenters. The van der Waals surface area contributed by atoms with Crippen molar-refractivity contribution in [1.82, 2.24) is 14.8 Å². The predicted octanol–water partition coefficient (Wildman–Crippen LogP) is 3.58. The molecule has 0 bridgehead atoms. The van der Waals surface area contributed by atoms with Gasteiger partial charge in [0, 0.05) is 43.7 Å². The zero-order valence-electron chi connectivity index (χ0n) is 17.7. The van der Waals surface area contributed by atoms with Crippen LogP contribution in [0.15, 0.2) is 60.0 Å². The molecular weight excluding hydrogens is 410 g/mol. The number of methoxy groups -OCH3 is 1. The first-order chi connectivity index (χ1) is 15.2. The van der Waals surface area contributed by atoms with Crippen molar-refractivity contribution in [3.05, 3.63) is 65.7 Å². The molecule has 1 aliphatic rings. The van der Waals surface area contributed by atoms with E-state index in [1.807, 2.05) is 64.9 Å². The molecule has 2 heterocycles. The third-order valence-corrected chi connectivity index (χ3v) is 6.31. The van der Waals surface area contributed by atoms with Crippen LogP contribution in [0.4, 0.5) is 0 Å². The Morgan fingerprint density at radius 2 is 1.71 bits per heavy atom. The van der Waals surface area contributed by atoms with Crippen molar-refractivity contribution in [2.75, 3.05) is 46.4 Å². The molecule has 1 amide bonds. The molecule has 1 fully saturated rings. The van der Waals surface area contributed by atoms with Crippen LogP contribution in [0.2, 0.25) is 0 Å². The highest BCUT2D eigenvalue weighted by Crippen LogP contribution is 2.23. The van der Waals surface area contributed by atoms with E-state index in [1.165, 1.54) is 0 Å². The molecular formula is C24H27N3O3S. The van der Waals surface area contributed by atoms with Crippen LogP contribution in [-0.2, 0) is 11.2 Å². The van der Waals surface area contributed by atoms with E-state index in [9.17, 15) is 4.79 Å². The van der Waals surface area contributed by atoms with Crippen LogP contribution in [0.25, 0.3) is 10.6 Å². The Morgan fingerprint density at radius 3 is 2.42 bits per heavy atom. The quantitative estimate of drug-likeness (QED) is 0.539. The third-order valence-electron chi connectivity index (χ3n) is 5.37. The summed E-state index contributed by atoms with van der Waals surface area (Å²) in [7, 11) is 1.65. The second-order valence-corrected chi connectivity index (χ2v) is 8.29. The van der Waals surface area contributed by atoms with E-state index in [0.29, 0.717) is 13.0 Å². The Hall–Kier alpha value is -2.90. The minimum Gasteiger partial charge on any atom is -0.497 e. The second-order valence-electron chi connectivity index (χ2n) is 7.43. The van der Waals surface area contributed by atoms with E-state index in [0.717, 1.165) is 60.5 Å². The Labute approximate surface area is 187 Å². The fourth-order valence-corrected chi connectivity index (χ4v) is 4.38. The van der Waals surface area contributed by atoms with E-state index >= 15 is 0 Å². The van der Waals surface area contributed by atoms with E-state index in [1.54, 1.807) is 18.4 Å². The fraction of sp³-hybridized carbons (Fsp3) is 0.333. The fourth-order valence-electron chi connectivity index (χ4n) is 3.55. The van der Waals surface area contributed by atoms with Crippen LogP contribution in [0, 0.1) is 0 Å². The minimum atomic E-state index is 0.152. The summed E-state index contributed by atoms with van der Waals surface area (Å²) in [6.07, 6.45) is 0.365. The van der Waals surface area contributed by atoms with Crippen molar-refractivity contribution in [3.8, 4) is 22.1 Å². The zero-order valence-corrected chi connectivity index (χ0v) is 18.5. The molecule has 0 aliphatic carbocycles. The summed E-state index contributed by atoms with van der Waals surface area (Å²) in [5.74, 6) is 1.81. The maximum Gasteiger partial charge on any atom is 0.228 e. The Balaban J connectivity index is 1.19. The normalized spacial score (nSPS) is 14.4. The zero-order chi connectivity index (χ0) is 21.5. The first kappa shape index (κ1) is 21.3. The lowest BCUT2D eigenvalue weighted by atomic mass is 10.2. The first-order valence-electron chi connectivity index (χ1n) is 10.5. The predicted molar refractivity (Wildman–Crippen MR) is 123 cm³/mol. The molecule has 0 saturated carbocycles. The van der Waals surface area contributed by atoms with Gasteiger partial charge in [-0.05, 0) is 24.3 Å². The number of piperazine rings is 1. The Bertz CT molecular complexity index is 967. The average Bonchev–Trinajstić information content (AvgIpc) is 3.29. The summed E-state index contributed by atoms with van der Waals surface area (Å²) in [5.41, 5.74) is 1.95. The van der Waals surface area contributed by atoms with Crippen LogP contribution >= 0.6 is 11.3 Å². The SMILES string of the molecule is COc1ccc(OCCN2CCN(C(=O)Cc3csc(-c4ccccc4)n3)CC2)cc1. The maximum atomic E-state index is 12.7. The molecule has 2 aromatic carbocycles. The highest BCUT2D eigenvalue weighted by Gasteiger charge is 2.22. The van der Waals surface area contributed by atoms with Crippen molar-refractivity contribution in [3.63, 3.8) is 0 Å². The van der Waals surface area contributed by atoms with Gasteiger partial charge in [0.25, 0.3) is 0 Å². The van der Waals surface area contributed by atoms with Crippen molar-refractivity contribution in [2.24, 2.45) is 0 Å². The number of hydrogen-bond donors (Lipinski definition) is 0. The molecule has 3 aromatic rings. The summed E-state index contributed by atoms with van der Waals surface area (Å²) in [6, 6.07) is 17.7. The topological polar surface area (TPSA) is 54.9 Å². The molecule has 1 aliphatic heterocycles. The minimum absolute atomic E-state index is 0.152. The van der Waals surface area contributed by atoms with E-state index in [2.05, 4.69) is 9.88 Å². The summed E-state index contributed by atoms with van der Waals surface area (Å²) in [6.45, 7) is 4.70. The number of hydrogen-bond acceptors (Lipinski definition) is 6. The lowest BCUT2D eigenvalue weighted by Gasteiger charge is -2.34. The van der Waals surface area contributed by atoms with Gasteiger partial charge in [0.05, 0.1) is 19.2 Å². The Morgan fingerprint density at radius 1 is 1.00 bits per heavy atom. The van der Waals surface area contributed by atoms with Gasteiger partial charge in [-0.2, -0.15) is 0 Å². The standard InChI is InChI=1S/C24H27N3O3S/c1-29-21-7-9-22(10-8-21)30-16-15-26-11-13-27(14-12-26)23(28)17-20-18-31-24(25-20)19-5-3-2-4-6-19/h2-10,18H,11-17H2,1H3. The number of thiazole rings is 1. The third kappa shape index (κ3) is 5.83. The summed E-state index contributed by atoms with van der Waals surface area (Å²) >= 11 is 1.59. The summed E-state index contributed by atoms with van der Waals surface area (Å²) in [4.78, 5) is 21.6. The van der Waals surface area contributed by atoms with Crippen molar-refractivity contribution in [2.45, 2.75) is 6.42 Å². The number of carbonyl (C=O) groups is 1. The largest absolute Gasteiger partial charge is 0.497 e. The summed E-state index contributed by atoms with van der Waals surface area (Å²) in [5, 5.41) is 2.96. The van der Waals surface area contributed by atoms with Crippen LogP contribution in [0.3, 0.4) is 0 Å². The van der Waals surface area contributed by atoms with Crippen LogP contribution in [0.5, 0.6) is 11.5 Å². The maximum absolute atomic E-state index is 12.7. The summed E-state index contributed by atoms with van der Waals surface area (Å²) < 4.78 is 11.0. The van der Waals surface area contributed by atoms with E-state index in [-0.39, 0.29) is 5.91 Å². The van der Waals surface area contributed by atoms with Gasteiger partial charge in [0.15, 0.2) is 0 Å². The van der Waals surface area contributed by atoms with Gasteiger partial charge in [-0.1, -0.05) is 30.3 Å². The van der Waals surface area contributed by atoms with Gasteiger partial charge in [-0.25, -0.2) is 4.98 Å². The average molecular weight is 438 g/mol. The van der Waals surface area contributed by atoms with Crippen LogP contribution < -0.4 is 9.47 Å². The molecule has 0 N–H and O–H groups in total. The molecule has 1 aromatic heterocycles. The lowest BCUT2D eigenvalue weighted by Crippen LogP contribution is -2.50. The van der Waals surface area contributed by atoms with Crippen molar-refractivity contribution in [1.29, 1.82) is 0 Å². The van der Waals surface area contributed by atoms with Crippen molar-refractivity contribution >= 4 is 17.2 Å². The molecule has 0 spiro atoms. The number of aromatic nitrogens is 1. The highest BCUT2D eigenvalue weighted by atomic mass is 32.1. The number of benzene rings is 2. The van der Waals surface area contributed by atoms with Gasteiger partial charge in [0.1, 0.15) is 23.1 Å². The number of ether oxygens (including phenoxy) is 2. The van der Waals surface area contributed by atoms with Crippen LogP contribution in [0.1, 0.15) is 5.69 Å². The number of carbonyl (C=O) groups excluding carboxylic acids is 1. The van der Waals surface area contributed by atoms with E-state index in [4.69, 9.17) is 9.47 Å². The molecule has 0 unspecified atom stereocenters. The molecule has 1 saturated heterocycles. The number of amides is 1. The Kier molecular flexibility index (Phi) is 7.17. The number of rotatable bonds is 8. The lowest BCUT2D eigenvalue weighted by molar-refractivity contribution is -0.132. The van der Waals surface area contributed by atoms with E-state index < -0.39 is 0 Å². The monoisotopic (exact) mass is 437 g/mol. The molecule has 7 heteroatoms.